The molecule has 1 aromatic carbocycles. The maximum absolute atomic E-state index is 3.45. The number of hydrogen-bond donors (Lipinski definition) is 2. The predicted molar refractivity (Wildman–Crippen MR) is 103 cm³/mol. The van der Waals surface area contributed by atoms with E-state index in [-0.39, 0.29) is 24.8 Å². The molecule has 0 bridgehead atoms. The molecule has 3 nitrogen and oxygen atoms in total. The lowest BCUT2D eigenvalue weighted by molar-refractivity contribution is 0.201. The van der Waals surface area contributed by atoms with Crippen molar-refractivity contribution in [1.82, 2.24) is 15.2 Å². The van der Waals surface area contributed by atoms with E-state index in [9.17, 15) is 0 Å². The molecule has 6 heteroatoms. The molecule has 1 saturated heterocycles. The third kappa shape index (κ3) is 3.57. The normalized spacial score (nSPS) is 16.5. The van der Waals surface area contributed by atoms with Gasteiger partial charge in [-0.2, -0.15) is 0 Å². The second kappa shape index (κ2) is 8.18. The molecule has 0 amide bonds. The number of aromatic nitrogens is 1. The van der Waals surface area contributed by atoms with Crippen molar-refractivity contribution in [2.24, 2.45) is 0 Å². The van der Waals surface area contributed by atoms with Gasteiger partial charge in [0.15, 0.2) is 0 Å². The molecule has 0 radical (unpaired) electrons. The number of hydrogen-bond acceptors (Lipinski definition) is 3. The number of nitrogens with zero attached hydrogens (tertiary/aromatic N) is 1. The number of H-pyrrole nitrogens is 1. The topological polar surface area (TPSA) is 31.1 Å². The standard InChI is InChI=1S/C17H19N3S.2ClH/c1-3-14(13-6-7-19-15(13)4-1)17(16-5-2-12-21-16)20-10-8-18-9-11-20;;/h1-7,12,17-19H,8-11H2;2*1H/t17-;;/m0../s1. The summed E-state index contributed by atoms with van der Waals surface area (Å²) in [5.74, 6) is 0. The molecule has 2 aromatic heterocycles. The molecule has 0 unspecified atom stereocenters. The minimum absolute atomic E-state index is 0. The van der Waals surface area contributed by atoms with Crippen molar-refractivity contribution in [2.45, 2.75) is 6.04 Å². The van der Waals surface area contributed by atoms with Crippen LogP contribution in [0.4, 0.5) is 0 Å². The highest BCUT2D eigenvalue weighted by molar-refractivity contribution is 7.10. The molecule has 3 aromatic rings. The van der Waals surface area contributed by atoms with E-state index in [2.05, 4.69) is 57.0 Å². The summed E-state index contributed by atoms with van der Waals surface area (Å²) in [5, 5.41) is 6.98. The van der Waals surface area contributed by atoms with Crippen LogP contribution >= 0.6 is 36.2 Å². The predicted octanol–water partition coefficient (Wildman–Crippen LogP) is 4.07. The molecule has 23 heavy (non-hydrogen) atoms. The molecule has 0 aliphatic carbocycles. The van der Waals surface area contributed by atoms with Crippen molar-refractivity contribution in [3.8, 4) is 0 Å². The van der Waals surface area contributed by atoms with E-state index in [1.807, 2.05) is 17.5 Å². The van der Waals surface area contributed by atoms with E-state index in [0.717, 1.165) is 26.2 Å². The Morgan fingerprint density at radius 2 is 1.83 bits per heavy atom. The van der Waals surface area contributed by atoms with Gasteiger partial charge in [-0.15, -0.1) is 36.2 Å². The monoisotopic (exact) mass is 369 g/mol. The summed E-state index contributed by atoms with van der Waals surface area (Å²) < 4.78 is 0. The van der Waals surface area contributed by atoms with Crippen LogP contribution in [0.15, 0.2) is 48.0 Å². The van der Waals surface area contributed by atoms with Gasteiger partial charge in [0.05, 0.1) is 6.04 Å². The molecular formula is C17H21Cl2N3S. The average Bonchev–Trinajstić information content (AvgIpc) is 3.20. The van der Waals surface area contributed by atoms with Crippen LogP contribution in [0.25, 0.3) is 10.9 Å². The Bertz CT molecular complexity index is 720. The third-order valence-electron chi connectivity index (χ3n) is 4.25. The fraction of sp³-hybridized carbons (Fsp3) is 0.294. The van der Waals surface area contributed by atoms with Gasteiger partial charge in [0.1, 0.15) is 0 Å². The molecule has 4 rings (SSSR count). The van der Waals surface area contributed by atoms with Crippen LogP contribution in [-0.2, 0) is 0 Å². The smallest absolute Gasteiger partial charge is 0.0703 e. The van der Waals surface area contributed by atoms with E-state index in [0.29, 0.717) is 6.04 Å². The van der Waals surface area contributed by atoms with E-state index in [1.165, 1.54) is 21.3 Å². The van der Waals surface area contributed by atoms with Crippen molar-refractivity contribution in [3.05, 3.63) is 58.4 Å². The zero-order valence-electron chi connectivity index (χ0n) is 12.7. The summed E-state index contributed by atoms with van der Waals surface area (Å²) in [6, 6.07) is 13.6. The van der Waals surface area contributed by atoms with Gasteiger partial charge >= 0.3 is 0 Å². The lowest BCUT2D eigenvalue weighted by Crippen LogP contribution is -2.45. The van der Waals surface area contributed by atoms with Crippen LogP contribution in [0.5, 0.6) is 0 Å². The van der Waals surface area contributed by atoms with E-state index < -0.39 is 0 Å². The van der Waals surface area contributed by atoms with Crippen LogP contribution in [0.1, 0.15) is 16.5 Å². The van der Waals surface area contributed by atoms with E-state index >= 15 is 0 Å². The summed E-state index contributed by atoms with van der Waals surface area (Å²) in [6.07, 6.45) is 2.04. The zero-order chi connectivity index (χ0) is 14.1. The van der Waals surface area contributed by atoms with Crippen molar-refractivity contribution in [1.29, 1.82) is 0 Å². The Hall–Kier alpha value is -1.04. The molecule has 1 fully saturated rings. The summed E-state index contributed by atoms with van der Waals surface area (Å²) >= 11 is 1.86. The highest BCUT2D eigenvalue weighted by atomic mass is 35.5. The zero-order valence-corrected chi connectivity index (χ0v) is 15.1. The van der Waals surface area contributed by atoms with Gasteiger partial charge in [-0.1, -0.05) is 18.2 Å². The SMILES string of the molecule is Cl.Cl.c1csc([C@H](c2cccc3[nH]ccc23)N2CCNCC2)c1. The summed E-state index contributed by atoms with van der Waals surface area (Å²) in [4.78, 5) is 7.37. The number of halogens is 2. The van der Waals surface area contributed by atoms with Crippen LogP contribution in [-0.4, -0.2) is 36.1 Å². The number of fused-ring (bicyclic) bond motifs is 1. The highest BCUT2D eigenvalue weighted by Crippen LogP contribution is 2.35. The van der Waals surface area contributed by atoms with Crippen molar-refractivity contribution in [3.63, 3.8) is 0 Å². The van der Waals surface area contributed by atoms with E-state index in [4.69, 9.17) is 0 Å². The summed E-state index contributed by atoms with van der Waals surface area (Å²) in [6.45, 7) is 4.35. The van der Waals surface area contributed by atoms with Gasteiger partial charge in [-0.3, -0.25) is 4.90 Å². The molecular weight excluding hydrogens is 349 g/mol. The Morgan fingerprint density at radius 3 is 2.57 bits per heavy atom. The number of aromatic amines is 1. The highest BCUT2D eigenvalue weighted by Gasteiger charge is 2.26. The number of rotatable bonds is 3. The second-order valence-corrected chi connectivity index (χ2v) is 6.47. The van der Waals surface area contributed by atoms with Gasteiger partial charge in [0.2, 0.25) is 0 Å². The maximum atomic E-state index is 3.45. The van der Waals surface area contributed by atoms with Gasteiger partial charge in [-0.25, -0.2) is 0 Å². The first-order valence-electron chi connectivity index (χ1n) is 7.47. The van der Waals surface area contributed by atoms with Gasteiger partial charge in [-0.05, 0) is 29.1 Å². The van der Waals surface area contributed by atoms with Gasteiger partial charge in [0.25, 0.3) is 0 Å². The Balaban J connectivity index is 0.000000960. The molecule has 3 heterocycles. The lowest BCUT2D eigenvalue weighted by Gasteiger charge is -2.35. The molecule has 1 atom stereocenters. The van der Waals surface area contributed by atoms with Crippen molar-refractivity contribution >= 4 is 47.1 Å². The molecule has 0 spiro atoms. The van der Waals surface area contributed by atoms with Crippen LogP contribution in [0.2, 0.25) is 0 Å². The summed E-state index contributed by atoms with van der Waals surface area (Å²) in [5.41, 5.74) is 2.64. The number of nitrogens with one attached hydrogen (secondary N) is 2. The average molecular weight is 370 g/mol. The first-order valence-corrected chi connectivity index (χ1v) is 8.35. The quantitative estimate of drug-likeness (QED) is 0.728. The first kappa shape index (κ1) is 18.3. The van der Waals surface area contributed by atoms with Crippen LogP contribution in [0, 0.1) is 0 Å². The van der Waals surface area contributed by atoms with Gasteiger partial charge < -0.3 is 10.3 Å². The van der Waals surface area contributed by atoms with Gasteiger partial charge in [0, 0.05) is 48.2 Å². The maximum Gasteiger partial charge on any atom is 0.0703 e. The Morgan fingerprint density at radius 1 is 1.00 bits per heavy atom. The van der Waals surface area contributed by atoms with E-state index in [1.54, 1.807) is 0 Å². The third-order valence-corrected chi connectivity index (χ3v) is 5.18. The number of benzene rings is 1. The molecule has 0 saturated carbocycles. The number of piperazine rings is 1. The lowest BCUT2D eigenvalue weighted by atomic mass is 9.99. The summed E-state index contributed by atoms with van der Waals surface area (Å²) in [7, 11) is 0. The fourth-order valence-electron chi connectivity index (χ4n) is 3.27. The first-order chi connectivity index (χ1) is 10.4. The molecule has 1 aliphatic heterocycles. The number of thiophene rings is 1. The van der Waals surface area contributed by atoms with Crippen molar-refractivity contribution in [2.75, 3.05) is 26.2 Å². The van der Waals surface area contributed by atoms with Crippen LogP contribution < -0.4 is 5.32 Å². The minimum atomic E-state index is 0. The molecule has 124 valence electrons. The Kier molecular flexibility index (Phi) is 6.50. The van der Waals surface area contributed by atoms with Crippen LogP contribution in [0.3, 0.4) is 0 Å². The Labute approximate surface area is 152 Å². The molecule has 1 aliphatic rings. The second-order valence-electron chi connectivity index (χ2n) is 5.49. The van der Waals surface area contributed by atoms with Crippen molar-refractivity contribution < 1.29 is 0 Å². The fourth-order valence-corrected chi connectivity index (χ4v) is 4.14. The molecule has 2 N–H and O–H groups in total. The largest absolute Gasteiger partial charge is 0.361 e. The minimum Gasteiger partial charge on any atom is -0.361 e.